The molecule has 53 heavy (non-hydrogen) atoms. The molecule has 0 aliphatic rings. The van der Waals surface area contributed by atoms with Gasteiger partial charge in [-0.15, -0.1) is 0 Å². The van der Waals surface area contributed by atoms with Crippen LogP contribution in [-0.2, 0) is 9.47 Å². The minimum absolute atomic E-state index is 0.0595. The highest BCUT2D eigenvalue weighted by molar-refractivity contribution is 6.07. The predicted molar refractivity (Wildman–Crippen MR) is 151 cm³/mol. The molecule has 7 nitrogen and oxygen atoms in total. The first-order chi connectivity index (χ1) is 23.4. The van der Waals surface area contributed by atoms with Crippen molar-refractivity contribution in [1.82, 2.24) is 0 Å². The molecule has 23 heteroatoms. The Hall–Kier alpha value is -4.02. The molecular formula is C30H28F16N2O5. The molecule has 0 radical (unpaired) electrons. The predicted octanol–water partition coefficient (Wildman–Crippen LogP) is 10.3. The summed E-state index contributed by atoms with van der Waals surface area (Å²) >= 11 is 0. The SMILES string of the molecule is CC(C)(C)Nc1cccc(NC(=O)c2cc(OC(F)(F)C(F)OC(F)(F)C(F)(OC(F)(F)C(F)(F)C(F)(F)F)C(F)(F)F)cc(C(=O)C(C)(C)C)c2)c1. The maximum Gasteiger partial charge on any atom is 0.462 e. The summed E-state index contributed by atoms with van der Waals surface area (Å²) in [6, 6.07) is 7.29. The van der Waals surface area contributed by atoms with E-state index in [9.17, 15) is 79.8 Å². The van der Waals surface area contributed by atoms with Crippen molar-refractivity contribution in [1.29, 1.82) is 0 Å². The highest BCUT2D eigenvalue weighted by atomic mass is 19.4. The van der Waals surface area contributed by atoms with Gasteiger partial charge in [-0.2, -0.15) is 65.9 Å². The largest absolute Gasteiger partial charge is 0.462 e. The number of carbonyl (C=O) groups excluding carboxylic acids is 2. The van der Waals surface area contributed by atoms with Crippen LogP contribution in [0, 0.1) is 5.41 Å². The van der Waals surface area contributed by atoms with Crippen molar-refractivity contribution in [3.8, 4) is 5.75 Å². The Bertz CT molecular complexity index is 1650. The number of nitrogens with one attached hydrogen (secondary N) is 2. The number of carbonyl (C=O) groups is 2. The molecule has 2 unspecified atom stereocenters. The number of halogens is 16. The molecule has 2 atom stereocenters. The zero-order valence-electron chi connectivity index (χ0n) is 27.7. The summed E-state index contributed by atoms with van der Waals surface area (Å²) in [5.74, 6) is -19.3. The molecule has 0 bridgehead atoms. The van der Waals surface area contributed by atoms with Crippen molar-refractivity contribution in [3.05, 3.63) is 53.6 Å². The summed E-state index contributed by atoms with van der Waals surface area (Å²) in [5, 5.41) is 5.39. The average molecular weight is 801 g/mol. The summed E-state index contributed by atoms with van der Waals surface area (Å²) < 4.78 is 224. The second-order valence-corrected chi connectivity index (χ2v) is 13.1. The number of Topliss-reactive ketones (excluding diaryl/α,β-unsaturated/α-hetero) is 1. The van der Waals surface area contributed by atoms with Crippen molar-refractivity contribution in [2.24, 2.45) is 5.41 Å². The van der Waals surface area contributed by atoms with E-state index in [0.29, 0.717) is 17.8 Å². The molecule has 0 fully saturated rings. The van der Waals surface area contributed by atoms with Crippen LogP contribution in [0.4, 0.5) is 81.6 Å². The summed E-state index contributed by atoms with van der Waals surface area (Å²) in [6.45, 7) is 9.24. The number of ether oxygens (including phenoxy) is 3. The lowest BCUT2D eigenvalue weighted by atomic mass is 9.86. The van der Waals surface area contributed by atoms with Gasteiger partial charge in [0.15, 0.2) is 5.78 Å². The van der Waals surface area contributed by atoms with Gasteiger partial charge in [0.1, 0.15) is 5.75 Å². The summed E-state index contributed by atoms with van der Waals surface area (Å²) in [6.07, 6.45) is -42.3. The van der Waals surface area contributed by atoms with Gasteiger partial charge in [-0.05, 0) is 57.2 Å². The van der Waals surface area contributed by atoms with E-state index in [1.165, 1.54) is 39.0 Å². The fraction of sp³-hybridized carbons (Fsp3) is 0.533. The van der Waals surface area contributed by atoms with Crippen molar-refractivity contribution < 1.29 is 94.0 Å². The fourth-order valence-electron chi connectivity index (χ4n) is 3.83. The normalized spacial score (nSPS) is 15.7. The van der Waals surface area contributed by atoms with Crippen molar-refractivity contribution in [2.75, 3.05) is 10.6 Å². The number of anilines is 2. The van der Waals surface area contributed by atoms with Gasteiger partial charge in [0.25, 0.3) is 5.91 Å². The number of benzene rings is 2. The van der Waals surface area contributed by atoms with E-state index in [0.717, 1.165) is 6.07 Å². The molecule has 2 N–H and O–H groups in total. The molecule has 0 aliphatic heterocycles. The van der Waals surface area contributed by atoms with E-state index in [2.05, 4.69) is 20.1 Å². The molecule has 0 saturated carbocycles. The summed E-state index contributed by atoms with van der Waals surface area (Å²) in [7, 11) is 0. The maximum absolute atomic E-state index is 14.7. The van der Waals surface area contributed by atoms with Crippen LogP contribution < -0.4 is 15.4 Å². The fourth-order valence-corrected chi connectivity index (χ4v) is 3.83. The summed E-state index contributed by atoms with van der Waals surface area (Å²) in [4.78, 5) is 26.0. The molecule has 0 aliphatic carbocycles. The van der Waals surface area contributed by atoms with Crippen LogP contribution in [0.25, 0.3) is 0 Å². The highest BCUT2D eigenvalue weighted by Crippen LogP contribution is 2.55. The van der Waals surface area contributed by atoms with Crippen LogP contribution in [0.15, 0.2) is 42.5 Å². The molecule has 0 heterocycles. The summed E-state index contributed by atoms with van der Waals surface area (Å²) in [5.41, 5.74) is -2.69. The minimum atomic E-state index is -7.87. The van der Waals surface area contributed by atoms with Gasteiger partial charge in [0, 0.05) is 33.5 Å². The van der Waals surface area contributed by atoms with E-state index in [1.54, 1.807) is 31.6 Å². The van der Waals surface area contributed by atoms with Crippen LogP contribution in [0.1, 0.15) is 62.3 Å². The van der Waals surface area contributed by atoms with Gasteiger partial charge in [-0.1, -0.05) is 26.8 Å². The Morgan fingerprint density at radius 2 is 1.17 bits per heavy atom. The van der Waals surface area contributed by atoms with Crippen molar-refractivity contribution in [2.45, 2.75) is 95.9 Å². The molecule has 0 saturated heterocycles. The molecule has 300 valence electrons. The second kappa shape index (κ2) is 14.3. The van der Waals surface area contributed by atoms with Crippen LogP contribution in [0.5, 0.6) is 5.75 Å². The standard InChI is InChI=1S/C30H28F16N2O5/c1-22(2,3)19(49)14-10-15(20(50)47-16-8-7-9-17(13-16)48-23(4,5)6)12-18(11-14)51-24(32,33)21(31)52-30(45,46)26(36,28(40,41)42)53-29(43,44)25(34,35)27(37,38)39/h7-13,21,48H,1-6H3,(H,47,50). The van der Waals surface area contributed by atoms with E-state index in [1.807, 2.05) is 0 Å². The second-order valence-electron chi connectivity index (χ2n) is 13.1. The van der Waals surface area contributed by atoms with Crippen LogP contribution in [0.3, 0.4) is 0 Å². The number of amides is 1. The van der Waals surface area contributed by atoms with Crippen LogP contribution >= 0.6 is 0 Å². The topological polar surface area (TPSA) is 85.9 Å². The molecule has 0 aromatic heterocycles. The van der Waals surface area contributed by atoms with Gasteiger partial charge in [0.2, 0.25) is 0 Å². The molecule has 0 spiro atoms. The van der Waals surface area contributed by atoms with Gasteiger partial charge in [0.05, 0.1) is 0 Å². The minimum Gasteiger partial charge on any atom is -0.428 e. The van der Waals surface area contributed by atoms with E-state index >= 15 is 0 Å². The first-order valence-electron chi connectivity index (χ1n) is 14.3. The lowest BCUT2D eigenvalue weighted by molar-refractivity contribution is -0.543. The van der Waals surface area contributed by atoms with Gasteiger partial charge < -0.3 is 15.4 Å². The third kappa shape index (κ3) is 10.4. The van der Waals surface area contributed by atoms with E-state index in [4.69, 9.17) is 0 Å². The number of hydrogen-bond donors (Lipinski definition) is 2. The van der Waals surface area contributed by atoms with Gasteiger partial charge in [-0.25, -0.2) is 4.39 Å². The number of alkyl halides is 16. The van der Waals surface area contributed by atoms with Gasteiger partial charge >= 0.3 is 48.8 Å². The Balaban J connectivity index is 2.53. The lowest BCUT2D eigenvalue weighted by Crippen LogP contribution is -2.66. The van der Waals surface area contributed by atoms with E-state index in [-0.39, 0.29) is 5.69 Å². The van der Waals surface area contributed by atoms with Crippen LogP contribution in [-0.4, -0.2) is 66.0 Å². The zero-order chi connectivity index (χ0) is 41.6. The monoisotopic (exact) mass is 800 g/mol. The average Bonchev–Trinajstić information content (AvgIpc) is 2.93. The zero-order valence-corrected chi connectivity index (χ0v) is 27.7. The number of ketones is 1. The highest BCUT2D eigenvalue weighted by Gasteiger charge is 2.84. The third-order valence-electron chi connectivity index (χ3n) is 6.25. The first kappa shape index (κ1) is 45.1. The first-order valence-corrected chi connectivity index (χ1v) is 14.3. The van der Waals surface area contributed by atoms with Crippen LogP contribution in [0.2, 0.25) is 0 Å². The third-order valence-corrected chi connectivity index (χ3v) is 6.25. The Morgan fingerprint density at radius 3 is 1.64 bits per heavy atom. The molecule has 2 aromatic rings. The molecule has 2 rings (SSSR count). The maximum atomic E-state index is 14.7. The van der Waals surface area contributed by atoms with Crippen molar-refractivity contribution in [3.63, 3.8) is 0 Å². The Kier molecular flexibility index (Phi) is 12.2. The molecular weight excluding hydrogens is 772 g/mol. The van der Waals surface area contributed by atoms with Crippen molar-refractivity contribution >= 4 is 23.1 Å². The lowest BCUT2D eigenvalue weighted by Gasteiger charge is -2.38. The Morgan fingerprint density at radius 1 is 0.660 bits per heavy atom. The molecule has 2 aromatic carbocycles. The van der Waals surface area contributed by atoms with E-state index < -0.39 is 88.3 Å². The molecule has 1 amide bonds. The smallest absolute Gasteiger partial charge is 0.428 e. The van der Waals surface area contributed by atoms with Gasteiger partial charge in [-0.3, -0.25) is 19.1 Å². The quantitative estimate of drug-likeness (QED) is 0.155. The number of rotatable bonds is 13. The Labute approximate surface area is 288 Å². The number of hydrogen-bond acceptors (Lipinski definition) is 6.